The fourth-order valence-electron chi connectivity index (χ4n) is 2.47. The van der Waals surface area contributed by atoms with Crippen molar-refractivity contribution < 1.29 is 14.1 Å². The second-order valence-corrected chi connectivity index (χ2v) is 7.19. The molecule has 0 spiro atoms. The van der Waals surface area contributed by atoms with Gasteiger partial charge in [-0.25, -0.2) is 0 Å². The highest BCUT2D eigenvalue weighted by Crippen LogP contribution is 2.17. The lowest BCUT2D eigenvalue weighted by molar-refractivity contribution is -0.139. The fourth-order valence-corrected chi connectivity index (χ4v) is 2.47. The van der Waals surface area contributed by atoms with Gasteiger partial charge in [-0.1, -0.05) is 37.8 Å². The average Bonchev–Trinajstić information content (AvgIpc) is 2.88. The molecule has 136 valence electrons. The van der Waals surface area contributed by atoms with Crippen LogP contribution in [0.1, 0.15) is 72.0 Å². The molecule has 6 nitrogen and oxygen atoms in total. The lowest BCUT2D eigenvalue weighted by Gasteiger charge is -2.35. The molecule has 0 atom stereocenters. The molecule has 0 unspecified atom stereocenters. The molecule has 0 saturated heterocycles. The molecule has 1 aromatic rings. The van der Waals surface area contributed by atoms with Gasteiger partial charge in [-0.2, -0.15) is 0 Å². The molecule has 6 heteroatoms. The minimum Gasteiger partial charge on any atom is -0.360 e. The number of nitrogens with one attached hydrogen (secondary N) is 1. The van der Waals surface area contributed by atoms with E-state index in [9.17, 15) is 9.59 Å². The van der Waals surface area contributed by atoms with Crippen LogP contribution in [0.4, 0.5) is 5.82 Å². The summed E-state index contributed by atoms with van der Waals surface area (Å²) < 4.78 is 4.93. The predicted octanol–water partition coefficient (Wildman–Crippen LogP) is 3.91. The van der Waals surface area contributed by atoms with Crippen molar-refractivity contribution in [3.05, 3.63) is 11.8 Å². The third-order valence-corrected chi connectivity index (χ3v) is 3.80. The third-order valence-electron chi connectivity index (χ3n) is 3.80. The summed E-state index contributed by atoms with van der Waals surface area (Å²) in [5, 5.41) is 6.40. The van der Waals surface area contributed by atoms with Crippen molar-refractivity contribution >= 4 is 17.6 Å². The standard InChI is InChI=1S/C18H31N3O3/c1-6-7-8-9-10-11-17(23)21(18(3,4)5)13-16(22)19-15-12-14(2)24-20-15/h12H,6-11,13H2,1-5H3,(H,19,20,22). The largest absolute Gasteiger partial charge is 0.360 e. The van der Waals surface area contributed by atoms with Crippen LogP contribution in [0.2, 0.25) is 0 Å². The van der Waals surface area contributed by atoms with Crippen LogP contribution in [-0.4, -0.2) is 34.0 Å². The maximum Gasteiger partial charge on any atom is 0.245 e. The molecule has 0 aromatic carbocycles. The molecule has 1 heterocycles. The molecule has 0 fully saturated rings. The lowest BCUT2D eigenvalue weighted by Crippen LogP contribution is -2.49. The number of amides is 2. The Morgan fingerprint density at radius 1 is 1.21 bits per heavy atom. The van der Waals surface area contributed by atoms with Crippen LogP contribution in [-0.2, 0) is 9.59 Å². The molecular weight excluding hydrogens is 306 g/mol. The normalized spacial score (nSPS) is 11.4. The van der Waals surface area contributed by atoms with Gasteiger partial charge in [0.05, 0.1) is 0 Å². The number of anilines is 1. The van der Waals surface area contributed by atoms with Gasteiger partial charge >= 0.3 is 0 Å². The predicted molar refractivity (Wildman–Crippen MR) is 94.7 cm³/mol. The van der Waals surface area contributed by atoms with E-state index in [0.717, 1.165) is 19.3 Å². The van der Waals surface area contributed by atoms with E-state index in [2.05, 4.69) is 17.4 Å². The zero-order valence-electron chi connectivity index (χ0n) is 15.6. The number of hydrogen-bond donors (Lipinski definition) is 1. The molecular formula is C18H31N3O3. The quantitative estimate of drug-likeness (QED) is 0.693. The van der Waals surface area contributed by atoms with Crippen LogP contribution >= 0.6 is 0 Å². The molecule has 0 bridgehead atoms. The second-order valence-electron chi connectivity index (χ2n) is 7.19. The van der Waals surface area contributed by atoms with Crippen LogP contribution in [0, 0.1) is 6.92 Å². The van der Waals surface area contributed by atoms with Gasteiger partial charge < -0.3 is 14.7 Å². The van der Waals surface area contributed by atoms with Crippen molar-refractivity contribution in [2.24, 2.45) is 0 Å². The first-order chi connectivity index (χ1) is 11.2. The van der Waals surface area contributed by atoms with E-state index in [1.807, 2.05) is 20.8 Å². The van der Waals surface area contributed by atoms with Crippen molar-refractivity contribution in [3.63, 3.8) is 0 Å². The third kappa shape index (κ3) is 7.15. The van der Waals surface area contributed by atoms with Crippen LogP contribution < -0.4 is 5.32 Å². The minimum absolute atomic E-state index is 0.0171. The van der Waals surface area contributed by atoms with Crippen molar-refractivity contribution in [2.75, 3.05) is 11.9 Å². The van der Waals surface area contributed by atoms with Gasteiger partial charge in [0.1, 0.15) is 12.3 Å². The Balaban J connectivity index is 2.55. The molecule has 24 heavy (non-hydrogen) atoms. The Labute approximate surface area is 145 Å². The number of aryl methyl sites for hydroxylation is 1. The summed E-state index contributed by atoms with van der Waals surface area (Å²) in [6.07, 6.45) is 5.96. The average molecular weight is 337 g/mol. The Kier molecular flexibility index (Phi) is 7.95. The fraction of sp³-hybridized carbons (Fsp3) is 0.722. The van der Waals surface area contributed by atoms with Crippen LogP contribution in [0.3, 0.4) is 0 Å². The van der Waals surface area contributed by atoms with E-state index in [1.54, 1.807) is 17.9 Å². The molecule has 1 rings (SSSR count). The first-order valence-electron chi connectivity index (χ1n) is 8.77. The van der Waals surface area contributed by atoms with E-state index < -0.39 is 5.54 Å². The van der Waals surface area contributed by atoms with Crippen molar-refractivity contribution in [1.29, 1.82) is 0 Å². The van der Waals surface area contributed by atoms with E-state index in [1.165, 1.54) is 12.8 Å². The summed E-state index contributed by atoms with van der Waals surface area (Å²) in [7, 11) is 0. The summed E-state index contributed by atoms with van der Waals surface area (Å²) in [5.41, 5.74) is -0.405. The van der Waals surface area contributed by atoms with Gasteiger partial charge in [0.25, 0.3) is 0 Å². The number of hydrogen-bond acceptors (Lipinski definition) is 4. The number of carbonyl (C=O) groups is 2. The van der Waals surface area contributed by atoms with Crippen LogP contribution in [0.15, 0.2) is 10.6 Å². The highest BCUT2D eigenvalue weighted by Gasteiger charge is 2.28. The first kappa shape index (κ1) is 20.2. The van der Waals surface area contributed by atoms with Gasteiger partial charge in [-0.05, 0) is 34.1 Å². The number of carbonyl (C=O) groups excluding carboxylic acids is 2. The molecule has 2 amide bonds. The van der Waals surface area contributed by atoms with E-state index >= 15 is 0 Å². The Morgan fingerprint density at radius 2 is 1.88 bits per heavy atom. The smallest absolute Gasteiger partial charge is 0.245 e. The summed E-state index contributed by atoms with van der Waals surface area (Å²) in [6, 6.07) is 1.65. The number of unbranched alkanes of at least 4 members (excludes halogenated alkanes) is 4. The molecule has 0 radical (unpaired) electrons. The SMILES string of the molecule is CCCCCCCC(=O)N(CC(=O)Nc1cc(C)on1)C(C)(C)C. The monoisotopic (exact) mass is 337 g/mol. The topological polar surface area (TPSA) is 75.4 Å². The zero-order valence-corrected chi connectivity index (χ0v) is 15.6. The molecule has 1 aromatic heterocycles. The summed E-state index contributed by atoms with van der Waals surface area (Å²) in [4.78, 5) is 26.4. The van der Waals surface area contributed by atoms with Crippen LogP contribution in [0.5, 0.6) is 0 Å². The summed E-state index contributed by atoms with van der Waals surface area (Å²) >= 11 is 0. The Morgan fingerprint density at radius 3 is 2.42 bits per heavy atom. The molecule has 0 aliphatic heterocycles. The maximum atomic E-state index is 12.5. The van der Waals surface area contributed by atoms with Gasteiger partial charge in [0, 0.05) is 18.0 Å². The summed E-state index contributed by atoms with van der Waals surface area (Å²) in [6.45, 7) is 9.76. The van der Waals surface area contributed by atoms with E-state index in [4.69, 9.17) is 4.52 Å². The van der Waals surface area contributed by atoms with Gasteiger partial charge in [0.2, 0.25) is 11.8 Å². The number of aromatic nitrogens is 1. The molecule has 1 N–H and O–H groups in total. The highest BCUT2D eigenvalue weighted by molar-refractivity contribution is 5.94. The second kappa shape index (κ2) is 9.45. The minimum atomic E-state index is -0.405. The summed E-state index contributed by atoms with van der Waals surface area (Å²) in [5.74, 6) is 0.752. The van der Waals surface area contributed by atoms with Gasteiger partial charge in [0.15, 0.2) is 5.82 Å². The number of nitrogens with zero attached hydrogens (tertiary/aromatic N) is 2. The van der Waals surface area contributed by atoms with Gasteiger partial charge in [-0.3, -0.25) is 9.59 Å². The van der Waals surface area contributed by atoms with Crippen molar-refractivity contribution in [1.82, 2.24) is 10.1 Å². The maximum absolute atomic E-state index is 12.5. The zero-order chi connectivity index (χ0) is 18.2. The van der Waals surface area contributed by atoms with Crippen molar-refractivity contribution in [2.45, 2.75) is 78.7 Å². The molecule has 0 aliphatic carbocycles. The van der Waals surface area contributed by atoms with Crippen molar-refractivity contribution in [3.8, 4) is 0 Å². The Hall–Kier alpha value is -1.85. The van der Waals surface area contributed by atoms with E-state index in [0.29, 0.717) is 18.0 Å². The van der Waals surface area contributed by atoms with E-state index in [-0.39, 0.29) is 18.4 Å². The lowest BCUT2D eigenvalue weighted by atomic mass is 10.0. The number of rotatable bonds is 9. The first-order valence-corrected chi connectivity index (χ1v) is 8.77. The van der Waals surface area contributed by atoms with Gasteiger partial charge in [-0.15, -0.1) is 0 Å². The molecule has 0 aliphatic rings. The highest BCUT2D eigenvalue weighted by atomic mass is 16.5. The molecule has 0 saturated carbocycles. The Bertz CT molecular complexity index is 532. The van der Waals surface area contributed by atoms with Crippen LogP contribution in [0.25, 0.3) is 0 Å².